The van der Waals surface area contributed by atoms with Gasteiger partial charge in [-0.2, -0.15) is 13.5 Å². The molecule has 0 unspecified atom stereocenters. The Hall–Kier alpha value is -2.52. The second-order valence-electron chi connectivity index (χ2n) is 8.10. The van der Waals surface area contributed by atoms with Crippen molar-refractivity contribution in [2.24, 2.45) is 4.40 Å². The lowest BCUT2D eigenvalue weighted by Crippen LogP contribution is -2.49. The number of hydrogen-bond donors (Lipinski definition) is 0. The van der Waals surface area contributed by atoms with Crippen LogP contribution >= 0.6 is 0 Å². The summed E-state index contributed by atoms with van der Waals surface area (Å²) in [5, 5.41) is 4.60. The van der Waals surface area contributed by atoms with Gasteiger partial charge in [0.1, 0.15) is 4.90 Å². The molecule has 0 radical (unpaired) electrons. The van der Waals surface area contributed by atoms with Gasteiger partial charge < -0.3 is 4.90 Å². The molecule has 1 aromatic heterocycles. The van der Waals surface area contributed by atoms with Crippen molar-refractivity contribution in [2.45, 2.75) is 37.1 Å². The van der Waals surface area contributed by atoms with E-state index in [-0.39, 0.29) is 5.56 Å². The molecular formula is C21H25N5O3S. The fraction of sp³-hybridized carbons (Fsp3) is 0.476. The molecule has 1 aliphatic carbocycles. The highest BCUT2D eigenvalue weighted by Crippen LogP contribution is 2.27. The van der Waals surface area contributed by atoms with E-state index in [1.54, 1.807) is 22.9 Å². The van der Waals surface area contributed by atoms with Crippen LogP contribution in [0, 0.1) is 0 Å². The van der Waals surface area contributed by atoms with E-state index in [0.717, 1.165) is 56.6 Å². The fourth-order valence-electron chi connectivity index (χ4n) is 4.50. The zero-order chi connectivity index (χ0) is 20.7. The van der Waals surface area contributed by atoms with Gasteiger partial charge >= 0.3 is 0 Å². The molecule has 0 N–H and O–H groups in total. The highest BCUT2D eigenvalue weighted by atomic mass is 32.2. The van der Waals surface area contributed by atoms with Crippen LogP contribution < -0.4 is 5.56 Å². The number of amidine groups is 1. The molecule has 0 atom stereocenters. The number of nitrogens with zero attached hydrogens (tertiary/aromatic N) is 5. The van der Waals surface area contributed by atoms with Crippen LogP contribution in [0.3, 0.4) is 0 Å². The molecule has 30 heavy (non-hydrogen) atoms. The molecule has 5 rings (SSSR count). The fourth-order valence-corrected chi connectivity index (χ4v) is 5.72. The van der Waals surface area contributed by atoms with Gasteiger partial charge in [-0.25, -0.2) is 4.68 Å². The van der Waals surface area contributed by atoms with E-state index in [4.69, 9.17) is 0 Å². The van der Waals surface area contributed by atoms with Gasteiger partial charge in [0.25, 0.3) is 15.6 Å². The maximum absolute atomic E-state index is 12.4. The average molecular weight is 428 g/mol. The van der Waals surface area contributed by atoms with E-state index >= 15 is 0 Å². The van der Waals surface area contributed by atoms with Crippen LogP contribution in [0.2, 0.25) is 0 Å². The molecule has 2 aromatic rings. The number of aryl methyl sites for hydroxylation is 2. The Kier molecular flexibility index (Phi) is 4.94. The molecule has 0 saturated carbocycles. The Morgan fingerprint density at radius 1 is 0.967 bits per heavy atom. The third-order valence-corrected chi connectivity index (χ3v) is 7.51. The number of aromatic nitrogens is 2. The maximum atomic E-state index is 12.4. The van der Waals surface area contributed by atoms with Gasteiger partial charge in [-0.1, -0.05) is 12.1 Å². The van der Waals surface area contributed by atoms with Crippen molar-refractivity contribution in [2.75, 3.05) is 32.7 Å². The first-order chi connectivity index (χ1) is 14.5. The van der Waals surface area contributed by atoms with Gasteiger partial charge in [0.05, 0.1) is 12.2 Å². The molecule has 0 bridgehead atoms. The number of fused-ring (bicyclic) bond motifs is 2. The number of rotatable bonds is 3. The predicted octanol–water partition coefficient (Wildman–Crippen LogP) is 0.889. The predicted molar refractivity (Wildman–Crippen MR) is 113 cm³/mol. The van der Waals surface area contributed by atoms with Crippen LogP contribution in [0.5, 0.6) is 0 Å². The summed E-state index contributed by atoms with van der Waals surface area (Å²) >= 11 is 0. The maximum Gasteiger partial charge on any atom is 0.285 e. The monoisotopic (exact) mass is 427 g/mol. The normalized spacial score (nSPS) is 20.5. The van der Waals surface area contributed by atoms with Crippen molar-refractivity contribution in [3.05, 3.63) is 57.5 Å². The van der Waals surface area contributed by atoms with Crippen molar-refractivity contribution >= 4 is 15.9 Å². The van der Waals surface area contributed by atoms with E-state index in [9.17, 15) is 13.2 Å². The van der Waals surface area contributed by atoms with Crippen LogP contribution in [0.25, 0.3) is 0 Å². The van der Waals surface area contributed by atoms with Gasteiger partial charge in [0, 0.05) is 44.4 Å². The van der Waals surface area contributed by atoms with E-state index in [1.165, 1.54) is 0 Å². The first-order valence-corrected chi connectivity index (χ1v) is 12.0. The zero-order valence-corrected chi connectivity index (χ0v) is 17.6. The van der Waals surface area contributed by atoms with Crippen LogP contribution in [-0.2, 0) is 29.4 Å². The quantitative estimate of drug-likeness (QED) is 0.723. The molecule has 9 heteroatoms. The summed E-state index contributed by atoms with van der Waals surface area (Å²) in [6.07, 6.45) is 4.20. The summed E-state index contributed by atoms with van der Waals surface area (Å²) in [6.45, 7) is 4.32. The topological polar surface area (TPSA) is 87.9 Å². The Bertz CT molecular complexity index is 1160. The van der Waals surface area contributed by atoms with E-state index in [0.29, 0.717) is 35.9 Å². The standard InChI is InChI=1S/C21H25N5O3S/c27-20-15-16-5-1-3-7-18(16)22-26(20)14-11-24-9-12-25(13-10-24)21-17-6-2-4-8-19(17)30(28,29)23-21/h2,4,6,8,15H,1,3,5,7,9-14H2. The van der Waals surface area contributed by atoms with Gasteiger partial charge in [-0.3, -0.25) is 9.69 Å². The van der Waals surface area contributed by atoms with E-state index in [1.807, 2.05) is 17.0 Å². The molecule has 3 aliphatic rings. The molecule has 2 aliphatic heterocycles. The van der Waals surface area contributed by atoms with Crippen LogP contribution in [0.4, 0.5) is 0 Å². The lowest BCUT2D eigenvalue weighted by molar-refractivity contribution is 0.174. The summed E-state index contributed by atoms with van der Waals surface area (Å²) in [4.78, 5) is 17.0. The Morgan fingerprint density at radius 2 is 1.73 bits per heavy atom. The largest absolute Gasteiger partial charge is 0.353 e. The third-order valence-electron chi connectivity index (χ3n) is 6.19. The van der Waals surface area contributed by atoms with Gasteiger partial charge in [0.2, 0.25) is 0 Å². The van der Waals surface area contributed by atoms with Crippen molar-refractivity contribution in [1.82, 2.24) is 19.6 Å². The minimum absolute atomic E-state index is 0.0172. The summed E-state index contributed by atoms with van der Waals surface area (Å²) in [7, 11) is -3.59. The smallest absolute Gasteiger partial charge is 0.285 e. The van der Waals surface area contributed by atoms with Crippen LogP contribution in [-0.4, -0.2) is 66.6 Å². The Labute approximate surface area is 175 Å². The van der Waals surface area contributed by atoms with Crippen molar-refractivity contribution < 1.29 is 8.42 Å². The number of sulfonamides is 1. The minimum atomic E-state index is -3.59. The van der Waals surface area contributed by atoms with Gasteiger partial charge in [-0.05, 0) is 43.4 Å². The molecule has 3 heterocycles. The Morgan fingerprint density at radius 3 is 2.57 bits per heavy atom. The molecule has 1 saturated heterocycles. The SMILES string of the molecule is O=c1cc2c(nn1CCN1CCN(C3=NS(=O)(=O)c4ccccc43)CC1)CCCC2. The highest BCUT2D eigenvalue weighted by molar-refractivity contribution is 7.90. The average Bonchev–Trinajstić information content (AvgIpc) is 3.04. The second-order valence-corrected chi connectivity index (χ2v) is 9.67. The molecule has 0 spiro atoms. The molecule has 1 aromatic carbocycles. The summed E-state index contributed by atoms with van der Waals surface area (Å²) < 4.78 is 30.2. The molecule has 1 fully saturated rings. The molecule has 0 amide bonds. The van der Waals surface area contributed by atoms with Crippen molar-refractivity contribution in [3.8, 4) is 0 Å². The second kappa shape index (κ2) is 7.63. The first-order valence-electron chi connectivity index (χ1n) is 10.5. The van der Waals surface area contributed by atoms with Gasteiger partial charge in [-0.15, -0.1) is 4.40 Å². The Balaban J connectivity index is 1.22. The summed E-state index contributed by atoms with van der Waals surface area (Å²) in [5.74, 6) is 0.554. The van der Waals surface area contributed by atoms with Crippen LogP contribution in [0.15, 0.2) is 44.4 Å². The number of hydrogen-bond acceptors (Lipinski definition) is 6. The van der Waals surface area contributed by atoms with Gasteiger partial charge in [0.15, 0.2) is 5.84 Å². The lowest BCUT2D eigenvalue weighted by Gasteiger charge is -2.35. The lowest BCUT2D eigenvalue weighted by atomic mass is 9.97. The third kappa shape index (κ3) is 3.56. The summed E-state index contributed by atoms with van der Waals surface area (Å²) in [5.41, 5.74) is 2.86. The van der Waals surface area contributed by atoms with Crippen LogP contribution in [0.1, 0.15) is 29.7 Å². The zero-order valence-electron chi connectivity index (χ0n) is 16.8. The van der Waals surface area contributed by atoms with Crippen molar-refractivity contribution in [3.63, 3.8) is 0 Å². The molecule has 158 valence electrons. The highest BCUT2D eigenvalue weighted by Gasteiger charge is 2.32. The minimum Gasteiger partial charge on any atom is -0.353 e. The van der Waals surface area contributed by atoms with E-state index in [2.05, 4.69) is 14.4 Å². The molecule has 8 nitrogen and oxygen atoms in total. The number of benzene rings is 1. The van der Waals surface area contributed by atoms with E-state index < -0.39 is 10.0 Å². The van der Waals surface area contributed by atoms with Crippen molar-refractivity contribution in [1.29, 1.82) is 0 Å². The number of piperazine rings is 1. The summed E-state index contributed by atoms with van der Waals surface area (Å²) in [6, 6.07) is 8.76. The first kappa shape index (κ1) is 19.4. The molecular weight excluding hydrogens is 402 g/mol.